The highest BCUT2D eigenvalue weighted by molar-refractivity contribution is 6.34. The van der Waals surface area contributed by atoms with E-state index in [0.29, 0.717) is 12.1 Å². The first kappa shape index (κ1) is 14.1. The zero-order valence-electron chi connectivity index (χ0n) is 9.75. The molecule has 0 aliphatic carbocycles. The fraction of sp³-hybridized carbons (Fsp3) is 0. The van der Waals surface area contributed by atoms with Gasteiger partial charge in [0.05, 0.1) is 10.6 Å². The van der Waals surface area contributed by atoms with E-state index in [1.807, 2.05) is 5.32 Å². The second-order valence-electron chi connectivity index (χ2n) is 3.79. The van der Waals surface area contributed by atoms with Crippen molar-refractivity contribution in [3.63, 3.8) is 0 Å². The Labute approximate surface area is 116 Å². The van der Waals surface area contributed by atoms with Crippen LogP contribution in [-0.2, 0) is 0 Å². The molecule has 1 aromatic carbocycles. The monoisotopic (exact) mass is 301 g/mol. The zero-order chi connectivity index (χ0) is 14.9. The van der Waals surface area contributed by atoms with Gasteiger partial charge in [0.1, 0.15) is 17.3 Å². The Bertz CT molecular complexity index is 671. The van der Waals surface area contributed by atoms with Gasteiger partial charge in [0.2, 0.25) is 0 Å². The van der Waals surface area contributed by atoms with Gasteiger partial charge in [0.15, 0.2) is 11.6 Å². The van der Waals surface area contributed by atoms with E-state index in [0.717, 1.165) is 12.3 Å². The van der Waals surface area contributed by atoms with Crippen LogP contribution in [0.25, 0.3) is 0 Å². The zero-order valence-corrected chi connectivity index (χ0v) is 10.5. The van der Waals surface area contributed by atoms with Crippen LogP contribution >= 0.6 is 11.6 Å². The molecule has 0 atom stereocenters. The molecule has 0 spiro atoms. The topological polar surface area (TPSA) is 68.0 Å². The number of amides is 1. The van der Waals surface area contributed by atoms with Crippen molar-refractivity contribution in [1.82, 2.24) is 4.98 Å². The molecule has 104 valence electrons. The second kappa shape index (κ2) is 5.38. The Kier molecular flexibility index (Phi) is 3.80. The molecule has 0 aliphatic rings. The van der Waals surface area contributed by atoms with E-state index in [1.54, 1.807) is 0 Å². The Morgan fingerprint density at radius 1 is 1.20 bits per heavy atom. The summed E-state index contributed by atoms with van der Waals surface area (Å²) in [6, 6.07) is 2.04. The van der Waals surface area contributed by atoms with Gasteiger partial charge >= 0.3 is 0 Å². The molecule has 1 aromatic heterocycles. The van der Waals surface area contributed by atoms with Crippen LogP contribution in [0.3, 0.4) is 0 Å². The molecule has 0 unspecified atom stereocenters. The molecule has 8 heteroatoms. The van der Waals surface area contributed by atoms with Crippen LogP contribution in [0.15, 0.2) is 24.4 Å². The number of benzene rings is 1. The summed E-state index contributed by atoms with van der Waals surface area (Å²) in [5.41, 5.74) is 4.51. The van der Waals surface area contributed by atoms with Crippen molar-refractivity contribution in [2.75, 3.05) is 11.1 Å². The Balaban J connectivity index is 2.35. The highest BCUT2D eigenvalue weighted by atomic mass is 35.5. The van der Waals surface area contributed by atoms with Crippen LogP contribution < -0.4 is 11.1 Å². The summed E-state index contributed by atoms with van der Waals surface area (Å²) in [4.78, 5) is 15.5. The minimum absolute atomic E-state index is 0.0135. The molecule has 0 saturated heterocycles. The van der Waals surface area contributed by atoms with E-state index in [1.165, 1.54) is 0 Å². The van der Waals surface area contributed by atoms with Crippen LogP contribution in [0.1, 0.15) is 10.4 Å². The van der Waals surface area contributed by atoms with E-state index in [4.69, 9.17) is 17.3 Å². The van der Waals surface area contributed by atoms with Gasteiger partial charge in [-0.25, -0.2) is 18.2 Å². The van der Waals surface area contributed by atoms with Crippen molar-refractivity contribution < 1.29 is 18.0 Å². The number of nitrogen functional groups attached to an aromatic ring is 1. The average Bonchev–Trinajstić information content (AvgIpc) is 2.36. The van der Waals surface area contributed by atoms with Crippen LogP contribution in [0.2, 0.25) is 5.02 Å². The SMILES string of the molecule is Nc1cc(C(=O)Nc2c(F)cc(F)cc2F)c(Cl)cn1. The standard InChI is InChI=1S/C12H7ClF3N3O/c13-7-4-18-10(17)3-6(7)12(20)19-11-8(15)1-5(14)2-9(11)16/h1-4H,(H2,17,18)(H,19,20). The predicted octanol–water partition coefficient (Wildman–Crippen LogP) is 2.99. The first-order valence-corrected chi connectivity index (χ1v) is 5.63. The maximum Gasteiger partial charge on any atom is 0.257 e. The summed E-state index contributed by atoms with van der Waals surface area (Å²) in [5.74, 6) is -4.46. The normalized spacial score (nSPS) is 10.4. The number of rotatable bonds is 2. The number of hydrogen-bond donors (Lipinski definition) is 2. The van der Waals surface area contributed by atoms with E-state index < -0.39 is 29.0 Å². The fourth-order valence-electron chi connectivity index (χ4n) is 1.47. The number of aromatic nitrogens is 1. The van der Waals surface area contributed by atoms with Crippen LogP contribution in [-0.4, -0.2) is 10.9 Å². The van der Waals surface area contributed by atoms with Crippen molar-refractivity contribution in [1.29, 1.82) is 0 Å². The number of pyridine rings is 1. The summed E-state index contributed by atoms with van der Waals surface area (Å²) in [5, 5.41) is 1.92. The third kappa shape index (κ3) is 2.83. The highest BCUT2D eigenvalue weighted by Crippen LogP contribution is 2.23. The number of halogens is 4. The summed E-state index contributed by atoms with van der Waals surface area (Å²) < 4.78 is 39.6. The van der Waals surface area contributed by atoms with Gasteiger partial charge in [-0.05, 0) is 6.07 Å². The lowest BCUT2D eigenvalue weighted by atomic mass is 10.2. The lowest BCUT2D eigenvalue weighted by molar-refractivity contribution is 0.102. The van der Waals surface area contributed by atoms with Crippen molar-refractivity contribution in [2.45, 2.75) is 0 Å². The van der Waals surface area contributed by atoms with Gasteiger partial charge in [0.25, 0.3) is 5.91 Å². The third-order valence-corrected chi connectivity index (χ3v) is 2.67. The molecule has 0 saturated carbocycles. The number of hydrogen-bond acceptors (Lipinski definition) is 3. The number of carbonyl (C=O) groups excluding carboxylic acids is 1. The summed E-state index contributed by atoms with van der Waals surface area (Å²) in [6.07, 6.45) is 1.13. The van der Waals surface area contributed by atoms with Gasteiger partial charge in [-0.3, -0.25) is 4.79 Å². The maximum absolute atomic E-state index is 13.4. The molecule has 3 N–H and O–H groups in total. The number of nitrogens with two attached hydrogens (primary N) is 1. The van der Waals surface area contributed by atoms with E-state index in [-0.39, 0.29) is 16.4 Å². The summed E-state index contributed by atoms with van der Waals surface area (Å²) in [7, 11) is 0. The smallest absolute Gasteiger partial charge is 0.257 e. The Hall–Kier alpha value is -2.28. The molecule has 2 aromatic rings. The minimum Gasteiger partial charge on any atom is -0.384 e. The lowest BCUT2D eigenvalue weighted by Crippen LogP contribution is -2.15. The first-order chi connectivity index (χ1) is 9.38. The van der Waals surface area contributed by atoms with Crippen LogP contribution in [0, 0.1) is 17.5 Å². The van der Waals surface area contributed by atoms with Crippen LogP contribution in [0.5, 0.6) is 0 Å². The van der Waals surface area contributed by atoms with E-state index in [2.05, 4.69) is 4.98 Å². The molecule has 0 radical (unpaired) electrons. The molecule has 20 heavy (non-hydrogen) atoms. The summed E-state index contributed by atoms with van der Waals surface area (Å²) in [6.45, 7) is 0. The highest BCUT2D eigenvalue weighted by Gasteiger charge is 2.17. The molecule has 0 fully saturated rings. The predicted molar refractivity (Wildman–Crippen MR) is 67.9 cm³/mol. The number of anilines is 2. The molecule has 0 bridgehead atoms. The molecular weight excluding hydrogens is 295 g/mol. The van der Waals surface area contributed by atoms with Gasteiger partial charge < -0.3 is 11.1 Å². The first-order valence-electron chi connectivity index (χ1n) is 5.25. The van der Waals surface area contributed by atoms with Gasteiger partial charge in [0, 0.05) is 18.3 Å². The van der Waals surface area contributed by atoms with Gasteiger partial charge in [-0.1, -0.05) is 11.6 Å². The van der Waals surface area contributed by atoms with E-state index in [9.17, 15) is 18.0 Å². The van der Waals surface area contributed by atoms with Crippen molar-refractivity contribution in [3.05, 3.63) is 52.4 Å². The molecular formula is C12H7ClF3N3O. The molecule has 1 heterocycles. The summed E-state index contributed by atoms with van der Waals surface area (Å²) >= 11 is 5.74. The van der Waals surface area contributed by atoms with Crippen LogP contribution in [0.4, 0.5) is 24.7 Å². The average molecular weight is 302 g/mol. The van der Waals surface area contributed by atoms with Gasteiger partial charge in [-0.15, -0.1) is 0 Å². The van der Waals surface area contributed by atoms with Gasteiger partial charge in [-0.2, -0.15) is 0 Å². The number of carbonyl (C=O) groups is 1. The minimum atomic E-state index is -1.24. The molecule has 2 rings (SSSR count). The third-order valence-electron chi connectivity index (χ3n) is 2.37. The molecule has 0 aliphatic heterocycles. The van der Waals surface area contributed by atoms with Crippen molar-refractivity contribution in [3.8, 4) is 0 Å². The largest absolute Gasteiger partial charge is 0.384 e. The Morgan fingerprint density at radius 2 is 1.80 bits per heavy atom. The maximum atomic E-state index is 13.4. The molecule has 1 amide bonds. The fourth-order valence-corrected chi connectivity index (χ4v) is 1.66. The molecule has 4 nitrogen and oxygen atoms in total. The van der Waals surface area contributed by atoms with Crippen molar-refractivity contribution >= 4 is 29.0 Å². The number of nitrogens with one attached hydrogen (secondary N) is 1. The quantitative estimate of drug-likeness (QED) is 0.896. The van der Waals surface area contributed by atoms with E-state index >= 15 is 0 Å². The lowest BCUT2D eigenvalue weighted by Gasteiger charge is -2.09. The second-order valence-corrected chi connectivity index (χ2v) is 4.19. The number of nitrogens with zero attached hydrogens (tertiary/aromatic N) is 1. The Morgan fingerprint density at radius 3 is 2.40 bits per heavy atom. The van der Waals surface area contributed by atoms with Crippen molar-refractivity contribution in [2.24, 2.45) is 0 Å².